The number of fused-ring (bicyclic) bond motifs is 44. The lowest BCUT2D eigenvalue weighted by Gasteiger charge is -2.18. The van der Waals surface area contributed by atoms with Crippen LogP contribution in [-0.2, 0) is 0 Å². The first kappa shape index (κ1) is 84.9. The molecule has 0 radical (unpaired) electrons. The second-order valence-electron chi connectivity index (χ2n) is 31.6. The molecule has 0 N–H and O–H groups in total. The Bertz CT molecular complexity index is 10600. The number of rotatable bonds is 0. The van der Waals surface area contributed by atoms with E-state index in [9.17, 15) is 47.4 Å². The SMILES string of the molecule is [C-]#[N+]c1c([N+]#[C-])c([N+]#[C-])c2c(c1C#N)c1nc(C#N)c(C#N)nc1c1c3ccccc3c3ccccc3c21.[C-]#[N+]c1cc2c(cc1[N+]#[C-])c1c3ccccc3c3ccccc3c1c1nc(C#N)c(C#N)nc21.[C-]#[N+]c1cc2c3nc(C#N)c(C#N)nc3c3c4ccccc4c4ccccc4c3c2c([N+]#[C-])c1[N+]#[C-].[C-]#[N+]c1nc2c3nc(C#N)c(C#N)nc3c3c4ccccc4c4ccccc4c3c2nc1[N+]#[C-]. The predicted molar refractivity (Wildman–Crippen MR) is 539 cm³/mol. The highest BCUT2D eigenvalue weighted by Crippen LogP contribution is 2.57. The highest BCUT2D eigenvalue weighted by atomic mass is 15.0. The fourth-order valence-corrected chi connectivity index (χ4v) is 19.4. The molecular formula is C113H35N29. The quantitative estimate of drug-likeness (QED) is 0.100. The summed E-state index contributed by atoms with van der Waals surface area (Å²) >= 11 is 0. The molecule has 0 amide bonds. The zero-order valence-corrected chi connectivity index (χ0v) is 72.2. The van der Waals surface area contributed by atoms with Gasteiger partial charge in [0.1, 0.15) is 59.6 Å². The van der Waals surface area contributed by atoms with Gasteiger partial charge in [-0.3, -0.25) is 38.8 Å². The van der Waals surface area contributed by atoms with Crippen LogP contribution in [0.5, 0.6) is 0 Å². The molecule has 0 saturated carbocycles. The molecular weight excluding hydrogens is 1760 g/mol. The van der Waals surface area contributed by atoms with Crippen molar-refractivity contribution in [1.82, 2.24) is 49.8 Å². The molecule has 29 heteroatoms. The average molecular weight is 1800 g/mol. The standard InChI is InChI=1S/C30H8N8.C29H9N7.C28H10N6.C26H8N8/c1-34-26-19(12-31)24-25(27(35-2)30(26)36-3)22-17-10-6-4-8-15(17)16-9-5-7-11-18(16)23(22)28-29(24)38-21(14-33)20(13-32)37-28;1-32-20-12-19-25(28(34-3)27(20)33-2)23-17-10-6-4-8-15(17)16-9-5-7-11-18(16)24(23)29-26(19)35-21(13-30)22(14-31)36-29;1-31-21-11-19-20(12-22(21)32-2)27-28(34-24(14-30)23(13-29)33-27)26-18-10-6-4-8-16(18)15-7-3-5-9-17(15)25(19)26;1-29-25-26(30-2)34-24-22(33-25)20-16-10-6-4-8-14(16)13-7-3-5-9-15(13)19(20)21-23(24)32-18(12-28)17(11-27)31-21/h4-11H;4-12H;3-12H;3-10H. The summed E-state index contributed by atoms with van der Waals surface area (Å²) in [6.45, 7) is 77.0. The molecule has 0 aliphatic carbocycles. The van der Waals surface area contributed by atoms with E-state index in [2.05, 4.69) is 104 Å². The topological polar surface area (TPSA) is 387 Å². The van der Waals surface area contributed by atoms with E-state index in [-0.39, 0.29) is 136 Å². The Morgan fingerprint density at radius 2 is 0.394 bits per heavy atom. The Labute approximate surface area is 798 Å². The van der Waals surface area contributed by atoms with Crippen LogP contribution in [0.25, 0.3) is 265 Å². The van der Waals surface area contributed by atoms with Gasteiger partial charge in [-0.2, -0.15) is 47.4 Å². The first-order valence-electron chi connectivity index (χ1n) is 42.1. The molecule has 5 aromatic heterocycles. The molecule has 24 aromatic rings. The second-order valence-corrected chi connectivity index (χ2v) is 31.6. The normalized spacial score (nSPS) is 10.7. The number of aromatic nitrogens is 10. The third-order valence-electron chi connectivity index (χ3n) is 25.0. The molecule has 0 unspecified atom stereocenters. The minimum absolute atomic E-state index is 0.0208. The van der Waals surface area contributed by atoms with Crippen LogP contribution in [-0.4, -0.2) is 49.8 Å². The van der Waals surface area contributed by atoms with Crippen LogP contribution in [0.15, 0.2) is 212 Å². The largest absolute Gasteiger partial charge is 0.370 e. The van der Waals surface area contributed by atoms with Crippen LogP contribution < -0.4 is 0 Å². The van der Waals surface area contributed by atoms with Crippen molar-refractivity contribution in [2.24, 2.45) is 0 Å². The highest BCUT2D eigenvalue weighted by Gasteiger charge is 2.33. The lowest BCUT2D eigenvalue weighted by Crippen LogP contribution is -2.00. The maximum Gasteiger partial charge on any atom is 0.294 e. The van der Waals surface area contributed by atoms with E-state index in [1.165, 1.54) is 6.07 Å². The molecule has 142 heavy (non-hydrogen) atoms. The maximum absolute atomic E-state index is 10.2. The van der Waals surface area contributed by atoms with E-state index in [1.807, 2.05) is 243 Å². The van der Waals surface area contributed by atoms with Crippen molar-refractivity contribution < 1.29 is 0 Å². The van der Waals surface area contributed by atoms with Crippen molar-refractivity contribution >= 4 is 274 Å². The van der Waals surface area contributed by atoms with Crippen molar-refractivity contribution in [2.75, 3.05) is 0 Å². The Morgan fingerprint density at radius 3 is 0.718 bits per heavy atom. The summed E-state index contributed by atoms with van der Waals surface area (Å²) in [5, 5.41) is 110. The van der Waals surface area contributed by atoms with Gasteiger partial charge >= 0.3 is 0 Å². The fourth-order valence-electron chi connectivity index (χ4n) is 19.4. The van der Waals surface area contributed by atoms with Crippen molar-refractivity contribution in [2.45, 2.75) is 0 Å². The van der Waals surface area contributed by atoms with Crippen molar-refractivity contribution in [1.29, 1.82) is 47.4 Å². The number of nitriles is 9. The minimum Gasteiger partial charge on any atom is -0.370 e. The summed E-state index contributed by atoms with van der Waals surface area (Å²) in [6.07, 6.45) is 0. The van der Waals surface area contributed by atoms with E-state index < -0.39 is 0 Å². The Kier molecular flexibility index (Phi) is 20.0. The van der Waals surface area contributed by atoms with E-state index in [4.69, 9.17) is 65.7 Å². The molecule has 0 saturated heterocycles. The summed E-state index contributed by atoms with van der Waals surface area (Å²) < 4.78 is 0. The molecule has 19 aromatic carbocycles. The molecule has 0 aliphatic heterocycles. The van der Waals surface area contributed by atoms with Gasteiger partial charge in [-0.15, -0.1) is 9.97 Å². The van der Waals surface area contributed by atoms with Crippen LogP contribution >= 0.6 is 0 Å². The third kappa shape index (κ3) is 12.3. The summed E-state index contributed by atoms with van der Waals surface area (Å²) in [7, 11) is 0. The first-order chi connectivity index (χ1) is 69.7. The smallest absolute Gasteiger partial charge is 0.294 e. The van der Waals surface area contributed by atoms with Gasteiger partial charge in [0.2, 0.25) is 28.1 Å². The van der Waals surface area contributed by atoms with Gasteiger partial charge in [-0.05, 0) is 129 Å². The lowest BCUT2D eigenvalue weighted by molar-refractivity contribution is 1.20. The van der Waals surface area contributed by atoms with E-state index in [0.717, 1.165) is 102 Å². The molecule has 632 valence electrons. The summed E-state index contributed by atoms with van der Waals surface area (Å²) in [5.74, 6) is -0.264. The zero-order chi connectivity index (χ0) is 98.3. The van der Waals surface area contributed by atoms with Gasteiger partial charge in [0.15, 0.2) is 74.0 Å². The maximum atomic E-state index is 10.2. The monoisotopic (exact) mass is 1800 g/mol. The number of benzene rings is 19. The van der Waals surface area contributed by atoms with E-state index >= 15 is 0 Å². The molecule has 0 spiro atoms. The summed E-state index contributed by atoms with van der Waals surface area (Å²) in [5.41, 5.74) is 2.18. The van der Waals surface area contributed by atoms with Crippen LogP contribution in [0.1, 0.15) is 51.1 Å². The molecule has 5 heterocycles. The van der Waals surface area contributed by atoms with Crippen LogP contribution in [0.2, 0.25) is 0 Å². The Balaban J connectivity index is 0.000000112. The molecule has 0 fully saturated rings. The van der Waals surface area contributed by atoms with E-state index in [1.54, 1.807) is 12.1 Å². The molecule has 0 bridgehead atoms. The van der Waals surface area contributed by atoms with Crippen LogP contribution in [0, 0.1) is 168 Å². The number of nitrogens with zero attached hydrogens (tertiary/aromatic N) is 29. The predicted octanol–water partition coefficient (Wildman–Crippen LogP) is 28.1. The first-order valence-corrected chi connectivity index (χ1v) is 42.1. The molecule has 0 aliphatic rings. The van der Waals surface area contributed by atoms with Gasteiger partial charge < -0.3 is 9.69 Å². The van der Waals surface area contributed by atoms with Gasteiger partial charge in [0, 0.05) is 32.3 Å². The average Bonchev–Trinajstić information content (AvgIpc) is 0.701. The number of hydrogen-bond donors (Lipinski definition) is 0. The molecule has 0 atom stereocenters. The highest BCUT2D eigenvalue weighted by molar-refractivity contribution is 6.45. The summed E-state index contributed by atoms with van der Waals surface area (Å²) in [4.78, 5) is 80.6. The number of hydrogen-bond acceptors (Lipinski definition) is 19. The van der Waals surface area contributed by atoms with Crippen molar-refractivity contribution in [3.05, 3.63) is 378 Å². The zero-order valence-electron chi connectivity index (χ0n) is 72.2. The van der Waals surface area contributed by atoms with Crippen molar-refractivity contribution in [3.63, 3.8) is 0 Å². The van der Waals surface area contributed by atoms with Crippen LogP contribution in [0.3, 0.4) is 0 Å². The van der Waals surface area contributed by atoms with E-state index in [0.29, 0.717) is 87.0 Å². The fraction of sp³-hybridized carbons (Fsp3) is 0. The third-order valence-corrected chi connectivity index (χ3v) is 25.0. The van der Waals surface area contributed by atoms with Crippen molar-refractivity contribution in [3.8, 4) is 54.6 Å². The van der Waals surface area contributed by atoms with Gasteiger partial charge in [0.25, 0.3) is 11.6 Å². The van der Waals surface area contributed by atoms with Gasteiger partial charge in [-0.25, -0.2) is 39.9 Å². The lowest BCUT2D eigenvalue weighted by atomic mass is 9.87. The van der Waals surface area contributed by atoms with Gasteiger partial charge in [0.05, 0.1) is 97.3 Å². The summed E-state index contributed by atoms with van der Waals surface area (Å²) in [6, 6.07) is 84.9. The minimum atomic E-state index is -0.253. The molecule has 29 nitrogen and oxygen atoms in total. The molecule has 24 rings (SSSR count). The van der Waals surface area contributed by atoms with Crippen LogP contribution in [0.4, 0.5) is 57.1 Å². The van der Waals surface area contributed by atoms with Gasteiger partial charge in [-0.1, -0.05) is 225 Å². The second kappa shape index (κ2) is 33.5. The Morgan fingerprint density at radius 1 is 0.162 bits per heavy atom. The Hall–Kier alpha value is -23.9.